The number of aromatic nitrogens is 1. The van der Waals surface area contributed by atoms with Crippen molar-refractivity contribution in [3.63, 3.8) is 0 Å². The number of hydrogen-bond acceptors (Lipinski definition) is 6. The van der Waals surface area contributed by atoms with Gasteiger partial charge in [0.25, 0.3) is 0 Å². The first-order valence-electron chi connectivity index (χ1n) is 14.6. The molecule has 2 bridgehead atoms. The molecule has 3 aliphatic carbocycles. The molecule has 3 aliphatic heterocycles. The molecule has 2 spiro atoms. The zero-order valence-electron chi connectivity index (χ0n) is 22.1. The lowest BCUT2D eigenvalue weighted by Crippen LogP contribution is -2.58. The Morgan fingerprint density at radius 3 is 2.68 bits per heavy atom. The van der Waals surface area contributed by atoms with Crippen molar-refractivity contribution in [3.8, 4) is 0 Å². The van der Waals surface area contributed by atoms with E-state index in [0.717, 1.165) is 25.7 Å². The molecule has 0 radical (unpaired) electrons. The zero-order chi connectivity index (χ0) is 25.9. The average Bonchev–Trinajstić information content (AvgIpc) is 3.55. The predicted octanol–water partition coefficient (Wildman–Crippen LogP) is 3.85. The second-order valence-electron chi connectivity index (χ2n) is 13.3. The molecule has 1 aromatic heterocycles. The van der Waals surface area contributed by atoms with Crippen molar-refractivity contribution in [2.24, 2.45) is 11.3 Å². The molecule has 4 fully saturated rings. The Bertz CT molecular complexity index is 1360. The second-order valence-corrected chi connectivity index (χ2v) is 13.3. The summed E-state index contributed by atoms with van der Waals surface area (Å²) in [6.07, 6.45) is 13.5. The molecule has 4 heterocycles. The lowest BCUT2D eigenvalue weighted by atomic mass is 9.58. The third-order valence-corrected chi connectivity index (χ3v) is 11.6. The van der Waals surface area contributed by atoms with E-state index in [1.807, 2.05) is 12.4 Å². The number of pyridine rings is 1. The van der Waals surface area contributed by atoms with Crippen LogP contribution in [0.2, 0.25) is 0 Å². The van der Waals surface area contributed by atoms with Gasteiger partial charge in [-0.15, -0.1) is 0 Å². The van der Waals surface area contributed by atoms with Crippen LogP contribution in [0.5, 0.6) is 0 Å². The fourth-order valence-corrected chi connectivity index (χ4v) is 9.67. The van der Waals surface area contributed by atoms with E-state index in [1.165, 1.54) is 40.3 Å². The van der Waals surface area contributed by atoms with E-state index in [9.17, 15) is 15.3 Å². The summed E-state index contributed by atoms with van der Waals surface area (Å²) in [7, 11) is 0. The number of nitrogens with zero attached hydrogens (tertiary/aromatic N) is 2. The number of ether oxygens (including phenoxy) is 1. The van der Waals surface area contributed by atoms with Crippen LogP contribution in [0.3, 0.4) is 0 Å². The molecule has 1 aromatic carbocycles. The van der Waals surface area contributed by atoms with Crippen molar-refractivity contribution in [1.82, 2.24) is 9.88 Å². The number of aliphatic hydroxyl groups is 3. The molecule has 2 saturated heterocycles. The molecular formula is C32H38N2O4. The Morgan fingerprint density at radius 1 is 1.00 bits per heavy atom. The molecule has 8 rings (SSSR count). The molecular weight excluding hydrogens is 476 g/mol. The van der Waals surface area contributed by atoms with Crippen LogP contribution < -0.4 is 0 Å². The number of aliphatic hydroxyl groups excluding tert-OH is 3. The van der Waals surface area contributed by atoms with Crippen LogP contribution in [0, 0.1) is 11.3 Å². The number of likely N-dealkylation sites (tertiary alicyclic amines) is 1. The molecule has 2 aromatic rings. The lowest BCUT2D eigenvalue weighted by Gasteiger charge is -2.55. The smallest absolute Gasteiger partial charge is 0.0974 e. The standard InChI is InChI=1S/C32H38N2O4/c1-30-8-6-22-13-23-14-26(35)25(34-17-27(36)28(37)18-34)15-31(23)9-10-32(22,38-31)29(30)5-4-24(30)20-3-2-19-7-11-33-16-21(19)12-20/h2-3,6-7,11-13,16,24-29,35-37H,4-5,8-10,14-15,17-18H2,1H3/t24-,25+,26+,27+,28+,29-,30-,31-,32?/m1/s1. The summed E-state index contributed by atoms with van der Waals surface area (Å²) >= 11 is 0. The Kier molecular flexibility index (Phi) is 4.99. The van der Waals surface area contributed by atoms with Crippen LogP contribution >= 0.6 is 0 Å². The van der Waals surface area contributed by atoms with Crippen molar-refractivity contribution in [1.29, 1.82) is 0 Å². The molecule has 6 nitrogen and oxygen atoms in total. The summed E-state index contributed by atoms with van der Waals surface area (Å²) in [6.45, 7) is 3.33. The van der Waals surface area contributed by atoms with Gasteiger partial charge in [0.1, 0.15) is 0 Å². The quantitative estimate of drug-likeness (QED) is 0.565. The van der Waals surface area contributed by atoms with Crippen molar-refractivity contribution in [3.05, 3.63) is 65.5 Å². The SMILES string of the molecule is C[C@]12CC=C3C=C4C[C@H](O)[C@@H](N5C[C@H](O)[C@@H](O)C5)C[C@]45CCC3(O5)[C@@H]1CC[C@@H]2c1ccc2ccncc2c1. The van der Waals surface area contributed by atoms with E-state index in [4.69, 9.17) is 4.74 Å². The lowest BCUT2D eigenvalue weighted by molar-refractivity contribution is -0.150. The minimum absolute atomic E-state index is 0.0999. The van der Waals surface area contributed by atoms with E-state index in [-0.39, 0.29) is 22.7 Å². The number of rotatable bonds is 2. The molecule has 6 heteroatoms. The first-order valence-corrected chi connectivity index (χ1v) is 14.6. The first kappa shape index (κ1) is 23.8. The summed E-state index contributed by atoms with van der Waals surface area (Å²) in [5, 5.41) is 34.0. The van der Waals surface area contributed by atoms with Crippen molar-refractivity contribution in [2.75, 3.05) is 13.1 Å². The highest BCUT2D eigenvalue weighted by Crippen LogP contribution is 2.69. The van der Waals surface area contributed by atoms with Gasteiger partial charge in [0.15, 0.2) is 0 Å². The number of benzene rings is 1. The van der Waals surface area contributed by atoms with Gasteiger partial charge in [0.05, 0.1) is 29.5 Å². The minimum Gasteiger partial charge on any atom is -0.391 e. The highest BCUT2D eigenvalue weighted by atomic mass is 16.5. The largest absolute Gasteiger partial charge is 0.391 e. The third-order valence-electron chi connectivity index (χ3n) is 11.6. The Balaban J connectivity index is 1.14. The maximum Gasteiger partial charge on any atom is 0.0974 e. The predicted molar refractivity (Wildman–Crippen MR) is 144 cm³/mol. The molecule has 2 saturated carbocycles. The Morgan fingerprint density at radius 2 is 1.84 bits per heavy atom. The fourth-order valence-electron chi connectivity index (χ4n) is 9.67. The summed E-state index contributed by atoms with van der Waals surface area (Å²) in [5.74, 6) is 0.950. The van der Waals surface area contributed by atoms with Gasteiger partial charge in [-0.1, -0.05) is 31.2 Å². The molecule has 200 valence electrons. The van der Waals surface area contributed by atoms with E-state index in [1.54, 1.807) is 0 Å². The van der Waals surface area contributed by atoms with E-state index >= 15 is 0 Å². The highest BCUT2D eigenvalue weighted by molar-refractivity contribution is 5.82. The zero-order valence-corrected chi connectivity index (χ0v) is 22.1. The van der Waals surface area contributed by atoms with Crippen LogP contribution in [-0.2, 0) is 4.74 Å². The van der Waals surface area contributed by atoms with Crippen molar-refractivity contribution >= 4 is 10.8 Å². The second kappa shape index (κ2) is 7.98. The van der Waals surface area contributed by atoms with Crippen molar-refractivity contribution < 1.29 is 20.1 Å². The summed E-state index contributed by atoms with van der Waals surface area (Å²) in [6, 6.07) is 8.93. The Labute approximate surface area is 224 Å². The van der Waals surface area contributed by atoms with Crippen LogP contribution in [0.25, 0.3) is 10.8 Å². The van der Waals surface area contributed by atoms with Crippen LogP contribution in [0.15, 0.2) is 60.0 Å². The molecule has 9 atom stereocenters. The van der Waals surface area contributed by atoms with Gasteiger partial charge in [-0.05, 0) is 96.4 Å². The highest BCUT2D eigenvalue weighted by Gasteiger charge is 2.67. The fraction of sp³-hybridized carbons (Fsp3) is 0.594. The van der Waals surface area contributed by atoms with Gasteiger partial charge in [-0.3, -0.25) is 9.88 Å². The van der Waals surface area contributed by atoms with E-state index in [0.29, 0.717) is 31.3 Å². The van der Waals surface area contributed by atoms with E-state index in [2.05, 4.69) is 53.2 Å². The summed E-state index contributed by atoms with van der Waals surface area (Å²) < 4.78 is 7.40. The number of fused-ring (bicyclic) bond motifs is 2. The molecule has 38 heavy (non-hydrogen) atoms. The maximum atomic E-state index is 11.2. The first-order chi connectivity index (χ1) is 18.3. The minimum atomic E-state index is -0.742. The van der Waals surface area contributed by atoms with Gasteiger partial charge in [-0.2, -0.15) is 0 Å². The molecule has 1 unspecified atom stereocenters. The van der Waals surface area contributed by atoms with Crippen LogP contribution in [-0.4, -0.2) is 73.8 Å². The third kappa shape index (κ3) is 3.10. The van der Waals surface area contributed by atoms with E-state index < -0.39 is 18.3 Å². The van der Waals surface area contributed by atoms with Gasteiger partial charge in [-0.25, -0.2) is 0 Å². The number of allylic oxidation sites excluding steroid dienone is 1. The molecule has 6 aliphatic rings. The topological polar surface area (TPSA) is 86.1 Å². The van der Waals surface area contributed by atoms with Gasteiger partial charge in [0.2, 0.25) is 0 Å². The number of hydrogen-bond donors (Lipinski definition) is 3. The number of β-amino-alcohol motifs (C(OH)–C–C–N with tert-alkyl or cyclic N) is 2. The average molecular weight is 515 g/mol. The Hall–Kier alpha value is -2.09. The van der Waals surface area contributed by atoms with Crippen molar-refractivity contribution in [2.45, 2.75) is 93.3 Å². The molecule has 0 amide bonds. The molecule has 3 N–H and O–H groups in total. The van der Waals surface area contributed by atoms with Crippen LogP contribution in [0.4, 0.5) is 0 Å². The van der Waals surface area contributed by atoms with Gasteiger partial charge < -0.3 is 20.1 Å². The van der Waals surface area contributed by atoms with Gasteiger partial charge >= 0.3 is 0 Å². The normalized spacial score (nSPS) is 45.9. The monoisotopic (exact) mass is 514 g/mol. The van der Waals surface area contributed by atoms with Gasteiger partial charge in [0, 0.05) is 36.9 Å². The summed E-state index contributed by atoms with van der Waals surface area (Å²) in [4.78, 5) is 6.46. The summed E-state index contributed by atoms with van der Waals surface area (Å²) in [5.41, 5.74) is 3.57. The maximum absolute atomic E-state index is 11.2. The van der Waals surface area contributed by atoms with Crippen LogP contribution in [0.1, 0.15) is 63.4 Å².